The largest absolute Gasteiger partial charge is 0.486 e. The van der Waals surface area contributed by atoms with Crippen LogP contribution >= 0.6 is 0 Å². The van der Waals surface area contributed by atoms with E-state index in [1.54, 1.807) is 11.0 Å². The monoisotopic (exact) mass is 439 g/mol. The van der Waals surface area contributed by atoms with Crippen molar-refractivity contribution in [2.45, 2.75) is 31.6 Å². The Balaban J connectivity index is 1.26. The molecule has 10 heteroatoms. The summed E-state index contributed by atoms with van der Waals surface area (Å²) in [6.07, 6.45) is 9.14. The van der Waals surface area contributed by atoms with E-state index < -0.39 is 5.82 Å². The summed E-state index contributed by atoms with van der Waals surface area (Å²) >= 11 is 0. The molecule has 5 rings (SSSR count). The van der Waals surface area contributed by atoms with Crippen molar-refractivity contribution in [3.63, 3.8) is 0 Å². The van der Waals surface area contributed by atoms with Crippen molar-refractivity contribution in [3.05, 3.63) is 53.9 Å². The van der Waals surface area contributed by atoms with Crippen LogP contribution in [0.25, 0.3) is 0 Å². The molecule has 4 heterocycles. The molecule has 1 fully saturated rings. The van der Waals surface area contributed by atoms with Crippen LogP contribution in [0.2, 0.25) is 0 Å². The number of ether oxygens (including phenoxy) is 2. The predicted molar refractivity (Wildman–Crippen MR) is 118 cm³/mol. The third-order valence-electron chi connectivity index (χ3n) is 5.74. The minimum Gasteiger partial charge on any atom is -0.486 e. The molecule has 168 valence electrons. The SMILES string of the molecule is CCN1CC(Oc2cnc(OC3C=CC4N=CNC(Nc5ccn(C)n5)=C4C3)c(F)c2)C1. The van der Waals surface area contributed by atoms with Crippen LogP contribution in [-0.4, -0.2) is 63.9 Å². The second-order valence-electron chi connectivity index (χ2n) is 8.06. The molecule has 0 radical (unpaired) electrons. The molecule has 0 bridgehead atoms. The van der Waals surface area contributed by atoms with Gasteiger partial charge in [-0.25, -0.2) is 9.37 Å². The van der Waals surface area contributed by atoms with Crippen LogP contribution < -0.4 is 20.1 Å². The summed E-state index contributed by atoms with van der Waals surface area (Å²) < 4.78 is 28.0. The molecule has 2 aliphatic heterocycles. The fourth-order valence-electron chi connectivity index (χ4n) is 3.97. The maximum Gasteiger partial charge on any atom is 0.251 e. The Morgan fingerprint density at radius 2 is 2.16 bits per heavy atom. The van der Waals surface area contributed by atoms with Crippen molar-refractivity contribution in [1.29, 1.82) is 0 Å². The molecule has 0 saturated carbocycles. The van der Waals surface area contributed by atoms with E-state index in [4.69, 9.17) is 9.47 Å². The third-order valence-corrected chi connectivity index (χ3v) is 5.74. The summed E-state index contributed by atoms with van der Waals surface area (Å²) in [7, 11) is 1.86. The number of hydrogen-bond acceptors (Lipinski definition) is 8. The molecule has 1 aliphatic carbocycles. The van der Waals surface area contributed by atoms with Gasteiger partial charge in [-0.2, -0.15) is 5.10 Å². The van der Waals surface area contributed by atoms with E-state index >= 15 is 0 Å². The standard InChI is InChI=1S/C22H26FN7O2/c1-3-30-11-16(12-30)31-15-9-18(23)22(24-10-15)32-14-4-5-19-17(8-14)21(26-13-25-19)27-20-6-7-29(2)28-20/h4-7,9-10,13-14,16,19H,3,8,11-12H2,1-2H3,(H,25,26)(H,27,28). The first-order valence-electron chi connectivity index (χ1n) is 10.7. The average Bonchev–Trinajstić information content (AvgIpc) is 3.17. The van der Waals surface area contributed by atoms with E-state index in [1.165, 1.54) is 12.3 Å². The number of pyridine rings is 1. The highest BCUT2D eigenvalue weighted by molar-refractivity contribution is 5.64. The Hall–Kier alpha value is -3.40. The molecular weight excluding hydrogens is 413 g/mol. The first kappa shape index (κ1) is 20.5. The number of hydrogen-bond donors (Lipinski definition) is 2. The molecule has 3 aliphatic rings. The number of fused-ring (bicyclic) bond motifs is 1. The lowest BCUT2D eigenvalue weighted by Gasteiger charge is -2.38. The number of nitrogens with one attached hydrogen (secondary N) is 2. The van der Waals surface area contributed by atoms with Crippen molar-refractivity contribution < 1.29 is 13.9 Å². The number of rotatable bonds is 7. The van der Waals surface area contributed by atoms with Gasteiger partial charge >= 0.3 is 0 Å². The van der Waals surface area contributed by atoms with Gasteiger partial charge in [0.2, 0.25) is 0 Å². The van der Waals surface area contributed by atoms with E-state index in [9.17, 15) is 4.39 Å². The summed E-state index contributed by atoms with van der Waals surface area (Å²) in [5.74, 6) is 1.37. The molecule has 0 aromatic carbocycles. The highest BCUT2D eigenvalue weighted by atomic mass is 19.1. The van der Waals surface area contributed by atoms with Gasteiger partial charge in [0.05, 0.1) is 18.6 Å². The number of aromatic nitrogens is 3. The molecule has 32 heavy (non-hydrogen) atoms. The number of aliphatic imine (C=N–C) groups is 1. The summed E-state index contributed by atoms with van der Waals surface area (Å²) in [5, 5.41) is 10.8. The van der Waals surface area contributed by atoms with Crippen LogP contribution in [0.1, 0.15) is 13.3 Å². The maximum atomic E-state index is 14.6. The first-order valence-corrected chi connectivity index (χ1v) is 10.7. The lowest BCUT2D eigenvalue weighted by atomic mass is 9.93. The molecule has 1 saturated heterocycles. The van der Waals surface area contributed by atoms with Crippen LogP contribution in [0.4, 0.5) is 10.2 Å². The minimum atomic E-state index is -0.537. The molecule has 2 atom stereocenters. The number of likely N-dealkylation sites (N-methyl/N-ethyl adjacent to an activating group) is 1. The van der Waals surface area contributed by atoms with Gasteiger partial charge in [-0.3, -0.25) is 14.6 Å². The number of aryl methyl sites for hydroxylation is 1. The molecule has 2 aromatic heterocycles. The average molecular weight is 439 g/mol. The van der Waals surface area contributed by atoms with Gasteiger partial charge in [0.15, 0.2) is 11.6 Å². The van der Waals surface area contributed by atoms with Gasteiger partial charge in [0.1, 0.15) is 23.8 Å². The van der Waals surface area contributed by atoms with Crippen LogP contribution in [-0.2, 0) is 7.05 Å². The zero-order valence-electron chi connectivity index (χ0n) is 18.0. The van der Waals surface area contributed by atoms with Gasteiger partial charge in [0, 0.05) is 50.5 Å². The highest BCUT2D eigenvalue weighted by Crippen LogP contribution is 2.29. The normalized spacial score (nSPS) is 22.8. The van der Waals surface area contributed by atoms with Crippen molar-refractivity contribution in [3.8, 4) is 11.6 Å². The molecule has 2 aromatic rings. The zero-order chi connectivity index (χ0) is 22.1. The first-order chi connectivity index (χ1) is 15.6. The summed E-state index contributed by atoms with van der Waals surface area (Å²) in [5.41, 5.74) is 1.01. The molecule has 9 nitrogen and oxygen atoms in total. The number of anilines is 1. The Kier molecular flexibility index (Phi) is 5.52. The smallest absolute Gasteiger partial charge is 0.251 e. The Labute approximate surface area is 185 Å². The lowest BCUT2D eigenvalue weighted by molar-refractivity contribution is 0.0233. The van der Waals surface area contributed by atoms with E-state index in [1.807, 2.05) is 31.5 Å². The number of halogens is 1. The second-order valence-corrected chi connectivity index (χ2v) is 8.06. The molecule has 2 unspecified atom stereocenters. The lowest BCUT2D eigenvalue weighted by Crippen LogP contribution is -2.53. The van der Waals surface area contributed by atoms with Gasteiger partial charge in [-0.15, -0.1) is 0 Å². The molecule has 0 spiro atoms. The quantitative estimate of drug-likeness (QED) is 0.639. The van der Waals surface area contributed by atoms with Crippen LogP contribution in [0.5, 0.6) is 11.6 Å². The minimum absolute atomic E-state index is 0.0404. The summed E-state index contributed by atoms with van der Waals surface area (Å²) in [6.45, 7) is 4.80. The molecular formula is C22H26FN7O2. The highest BCUT2D eigenvalue weighted by Gasteiger charge is 2.29. The van der Waals surface area contributed by atoms with Crippen LogP contribution in [0, 0.1) is 5.82 Å². The van der Waals surface area contributed by atoms with E-state index in [-0.39, 0.29) is 24.1 Å². The number of nitrogens with zero attached hydrogens (tertiary/aromatic N) is 5. The summed E-state index contributed by atoms with van der Waals surface area (Å²) in [4.78, 5) is 10.9. The van der Waals surface area contributed by atoms with Gasteiger partial charge < -0.3 is 20.1 Å². The Morgan fingerprint density at radius 3 is 2.91 bits per heavy atom. The van der Waals surface area contributed by atoms with E-state index in [2.05, 4.69) is 37.5 Å². The third kappa shape index (κ3) is 4.31. The molecule has 2 N–H and O–H groups in total. The Morgan fingerprint density at radius 1 is 1.28 bits per heavy atom. The van der Waals surface area contributed by atoms with E-state index in [0.29, 0.717) is 12.2 Å². The Bertz CT molecular complexity index is 1070. The molecule has 0 amide bonds. The fraction of sp³-hybridized carbons (Fsp3) is 0.409. The summed E-state index contributed by atoms with van der Waals surface area (Å²) in [6, 6.07) is 3.13. The van der Waals surface area contributed by atoms with Gasteiger partial charge in [0.25, 0.3) is 5.88 Å². The van der Waals surface area contributed by atoms with Crippen LogP contribution in [0.3, 0.4) is 0 Å². The topological polar surface area (TPSA) is 88.8 Å². The fourth-order valence-corrected chi connectivity index (χ4v) is 3.97. The van der Waals surface area contributed by atoms with Gasteiger partial charge in [-0.05, 0) is 12.6 Å². The number of likely N-dealkylation sites (tertiary alicyclic amines) is 1. The van der Waals surface area contributed by atoms with Crippen molar-refractivity contribution in [2.24, 2.45) is 12.0 Å². The second kappa shape index (κ2) is 8.62. The van der Waals surface area contributed by atoms with Crippen molar-refractivity contribution >= 4 is 12.2 Å². The predicted octanol–water partition coefficient (Wildman–Crippen LogP) is 2.07. The van der Waals surface area contributed by atoms with Crippen LogP contribution in [0.15, 0.2) is 53.1 Å². The van der Waals surface area contributed by atoms with Crippen molar-refractivity contribution in [2.75, 3.05) is 25.0 Å². The zero-order valence-corrected chi connectivity index (χ0v) is 18.0. The van der Waals surface area contributed by atoms with E-state index in [0.717, 1.165) is 36.8 Å². The van der Waals surface area contributed by atoms with Crippen molar-refractivity contribution in [1.82, 2.24) is 25.0 Å². The van der Waals surface area contributed by atoms with Gasteiger partial charge in [-0.1, -0.05) is 13.0 Å². The maximum absolute atomic E-state index is 14.6.